The first-order chi connectivity index (χ1) is 12.7. The zero-order valence-electron chi connectivity index (χ0n) is 15.5. The second-order valence-electron chi connectivity index (χ2n) is 6.17. The van der Waals surface area contributed by atoms with Crippen molar-refractivity contribution < 1.29 is 4.79 Å². The van der Waals surface area contributed by atoms with Crippen LogP contribution in [0.3, 0.4) is 0 Å². The molecule has 0 fully saturated rings. The molecule has 1 aromatic carbocycles. The van der Waals surface area contributed by atoms with Crippen molar-refractivity contribution in [3.8, 4) is 0 Å². The van der Waals surface area contributed by atoms with Crippen LogP contribution in [0.2, 0.25) is 0 Å². The molecule has 0 radical (unpaired) electrons. The van der Waals surface area contributed by atoms with Gasteiger partial charge in [-0.2, -0.15) is 0 Å². The number of benzene rings is 1. The molecule has 1 amide bonds. The fourth-order valence-electron chi connectivity index (χ4n) is 2.66. The summed E-state index contributed by atoms with van der Waals surface area (Å²) in [6.07, 6.45) is 8.91. The molecule has 140 valence electrons. The van der Waals surface area contributed by atoms with Crippen LogP contribution in [-0.2, 0) is 17.8 Å². The average Bonchev–Trinajstić information content (AvgIpc) is 3.03. The number of para-hydroxylation sites is 1. The van der Waals surface area contributed by atoms with E-state index in [1.54, 1.807) is 0 Å². The maximum Gasteiger partial charge on any atom is 0.234 e. The Hall–Kier alpha value is -2.08. The molecular formula is C20H28N4OS. The van der Waals surface area contributed by atoms with Crippen LogP contribution in [0.4, 0.5) is 5.69 Å². The lowest BCUT2D eigenvalue weighted by Gasteiger charge is -2.08. The van der Waals surface area contributed by atoms with Crippen molar-refractivity contribution in [3.63, 3.8) is 0 Å². The second-order valence-corrected chi connectivity index (χ2v) is 7.11. The lowest BCUT2D eigenvalue weighted by atomic mass is 10.1. The van der Waals surface area contributed by atoms with Gasteiger partial charge in [0, 0.05) is 18.7 Å². The van der Waals surface area contributed by atoms with Gasteiger partial charge in [-0.05, 0) is 18.6 Å². The maximum absolute atomic E-state index is 12.1. The predicted molar refractivity (Wildman–Crippen MR) is 108 cm³/mol. The van der Waals surface area contributed by atoms with Crippen molar-refractivity contribution in [2.75, 3.05) is 11.1 Å². The summed E-state index contributed by atoms with van der Waals surface area (Å²) in [6, 6.07) is 9.47. The number of allylic oxidation sites excluding steroid dienone is 1. The minimum absolute atomic E-state index is 0.0459. The zero-order chi connectivity index (χ0) is 18.6. The van der Waals surface area contributed by atoms with Crippen molar-refractivity contribution in [2.24, 2.45) is 0 Å². The Morgan fingerprint density at radius 1 is 1.19 bits per heavy atom. The number of rotatable bonds is 12. The Morgan fingerprint density at radius 2 is 1.96 bits per heavy atom. The summed E-state index contributed by atoms with van der Waals surface area (Å²) in [4.78, 5) is 12.1. The minimum atomic E-state index is -0.0459. The van der Waals surface area contributed by atoms with Crippen molar-refractivity contribution in [1.29, 1.82) is 0 Å². The summed E-state index contributed by atoms with van der Waals surface area (Å²) >= 11 is 1.41. The molecule has 0 unspecified atom stereocenters. The topological polar surface area (TPSA) is 59.8 Å². The van der Waals surface area contributed by atoms with Gasteiger partial charge in [0.1, 0.15) is 5.82 Å². The van der Waals surface area contributed by atoms with E-state index < -0.39 is 0 Å². The molecule has 1 aromatic heterocycles. The molecule has 0 atom stereocenters. The van der Waals surface area contributed by atoms with E-state index in [-0.39, 0.29) is 5.91 Å². The number of aryl methyl sites for hydroxylation is 1. The van der Waals surface area contributed by atoms with E-state index in [0.29, 0.717) is 12.3 Å². The van der Waals surface area contributed by atoms with Crippen LogP contribution in [0, 0.1) is 0 Å². The fourth-order valence-corrected chi connectivity index (χ4v) is 3.43. The molecule has 0 saturated carbocycles. The third kappa shape index (κ3) is 6.67. The van der Waals surface area contributed by atoms with Gasteiger partial charge in [0.25, 0.3) is 0 Å². The highest BCUT2D eigenvalue weighted by Crippen LogP contribution is 2.19. The van der Waals surface area contributed by atoms with Gasteiger partial charge in [-0.25, -0.2) is 0 Å². The number of nitrogens with zero attached hydrogens (tertiary/aromatic N) is 3. The van der Waals surface area contributed by atoms with E-state index in [1.807, 2.05) is 36.4 Å². The molecule has 0 aliphatic carbocycles. The minimum Gasteiger partial charge on any atom is -0.325 e. The van der Waals surface area contributed by atoms with E-state index in [4.69, 9.17) is 0 Å². The molecule has 5 nitrogen and oxygen atoms in total. The first kappa shape index (κ1) is 20.2. The van der Waals surface area contributed by atoms with E-state index in [0.717, 1.165) is 29.5 Å². The highest BCUT2D eigenvalue weighted by Gasteiger charge is 2.13. The van der Waals surface area contributed by atoms with Gasteiger partial charge in [-0.3, -0.25) is 4.79 Å². The Labute approximate surface area is 160 Å². The Bertz CT molecular complexity index is 684. The van der Waals surface area contributed by atoms with Gasteiger partial charge in [0.15, 0.2) is 5.16 Å². The van der Waals surface area contributed by atoms with Gasteiger partial charge in [-0.1, -0.05) is 68.6 Å². The van der Waals surface area contributed by atoms with E-state index in [1.165, 1.54) is 37.4 Å². The first-order valence-electron chi connectivity index (χ1n) is 9.25. The van der Waals surface area contributed by atoms with Crippen molar-refractivity contribution in [3.05, 3.63) is 48.8 Å². The summed E-state index contributed by atoms with van der Waals surface area (Å²) in [6.45, 7) is 6.71. The lowest BCUT2D eigenvalue weighted by molar-refractivity contribution is -0.113. The SMILES string of the molecule is C=CCn1c(CCCCCCC)nnc1SCC(=O)Nc1ccccc1. The highest BCUT2D eigenvalue weighted by molar-refractivity contribution is 7.99. The number of hydrogen-bond donors (Lipinski definition) is 1. The average molecular weight is 373 g/mol. The normalized spacial score (nSPS) is 10.7. The van der Waals surface area contributed by atoms with Gasteiger partial charge in [0.05, 0.1) is 5.75 Å². The quantitative estimate of drug-likeness (QED) is 0.333. The van der Waals surface area contributed by atoms with Crippen LogP contribution >= 0.6 is 11.8 Å². The number of nitrogens with one attached hydrogen (secondary N) is 1. The van der Waals surface area contributed by atoms with Crippen LogP contribution in [-0.4, -0.2) is 26.4 Å². The van der Waals surface area contributed by atoms with Gasteiger partial charge in [-0.15, -0.1) is 16.8 Å². The number of amides is 1. The molecule has 0 saturated heterocycles. The molecule has 1 N–H and O–H groups in total. The van der Waals surface area contributed by atoms with Crippen LogP contribution in [0.5, 0.6) is 0 Å². The number of hydrogen-bond acceptors (Lipinski definition) is 4. The second kappa shape index (κ2) is 11.5. The van der Waals surface area contributed by atoms with Gasteiger partial charge < -0.3 is 9.88 Å². The third-order valence-corrected chi connectivity index (χ3v) is 4.97. The smallest absolute Gasteiger partial charge is 0.234 e. The van der Waals surface area contributed by atoms with Crippen molar-refractivity contribution >= 4 is 23.4 Å². The number of unbranched alkanes of at least 4 members (excludes halogenated alkanes) is 4. The molecule has 1 heterocycles. The number of carbonyl (C=O) groups excluding carboxylic acids is 1. The summed E-state index contributed by atoms with van der Waals surface area (Å²) in [5.41, 5.74) is 0.804. The first-order valence-corrected chi connectivity index (χ1v) is 10.2. The van der Waals surface area contributed by atoms with Crippen LogP contribution in [0.25, 0.3) is 0 Å². The molecule has 2 rings (SSSR count). The Morgan fingerprint density at radius 3 is 2.69 bits per heavy atom. The van der Waals surface area contributed by atoms with Gasteiger partial charge >= 0.3 is 0 Å². The standard InChI is InChI=1S/C20H28N4OS/c1-3-5-6-7-11-14-18-22-23-20(24(18)15-4-2)26-16-19(25)21-17-12-9-8-10-13-17/h4,8-10,12-13H,2-3,5-7,11,14-16H2,1H3,(H,21,25). The maximum atomic E-state index is 12.1. The number of carbonyl (C=O) groups is 1. The lowest BCUT2D eigenvalue weighted by Crippen LogP contribution is -2.14. The number of thioether (sulfide) groups is 1. The molecule has 6 heteroatoms. The Balaban J connectivity index is 1.87. The predicted octanol–water partition coefficient (Wildman–Crippen LogP) is 4.71. The summed E-state index contributed by atoms with van der Waals surface area (Å²) < 4.78 is 2.06. The monoisotopic (exact) mass is 372 g/mol. The molecule has 0 aliphatic heterocycles. The molecule has 0 aliphatic rings. The number of anilines is 1. The molecule has 0 bridgehead atoms. The summed E-state index contributed by atoms with van der Waals surface area (Å²) in [5.74, 6) is 1.24. The molecule has 0 spiro atoms. The molecular weight excluding hydrogens is 344 g/mol. The van der Waals surface area contributed by atoms with Crippen LogP contribution in [0.1, 0.15) is 44.9 Å². The largest absolute Gasteiger partial charge is 0.325 e. The summed E-state index contributed by atoms with van der Waals surface area (Å²) in [5, 5.41) is 12.3. The van der Waals surface area contributed by atoms with E-state index >= 15 is 0 Å². The zero-order valence-corrected chi connectivity index (χ0v) is 16.3. The van der Waals surface area contributed by atoms with Crippen LogP contribution < -0.4 is 5.32 Å². The molecule has 26 heavy (non-hydrogen) atoms. The molecule has 2 aromatic rings. The van der Waals surface area contributed by atoms with Gasteiger partial charge in [0.2, 0.25) is 5.91 Å². The van der Waals surface area contributed by atoms with E-state index in [2.05, 4.69) is 33.6 Å². The summed E-state index contributed by atoms with van der Waals surface area (Å²) in [7, 11) is 0. The fraction of sp³-hybridized carbons (Fsp3) is 0.450. The number of aromatic nitrogens is 3. The van der Waals surface area contributed by atoms with Crippen molar-refractivity contribution in [1.82, 2.24) is 14.8 Å². The third-order valence-electron chi connectivity index (χ3n) is 4.00. The Kier molecular flexibility index (Phi) is 8.96. The van der Waals surface area contributed by atoms with Crippen molar-refractivity contribution in [2.45, 2.75) is 57.1 Å². The highest BCUT2D eigenvalue weighted by atomic mass is 32.2. The van der Waals surface area contributed by atoms with E-state index in [9.17, 15) is 4.79 Å². The van der Waals surface area contributed by atoms with Crippen LogP contribution in [0.15, 0.2) is 48.1 Å².